The molecule has 4 bridgehead atoms. The van der Waals surface area contributed by atoms with Gasteiger partial charge >= 0.3 is 0 Å². The molecule has 0 radical (unpaired) electrons. The molecular weight excluding hydrogens is 813 g/mol. The minimum Gasteiger partial charge on any atom is -0.308 e. The van der Waals surface area contributed by atoms with Gasteiger partial charge in [0.15, 0.2) is 11.3 Å². The van der Waals surface area contributed by atoms with Gasteiger partial charge in [0.25, 0.3) is 0 Å². The van der Waals surface area contributed by atoms with Gasteiger partial charge in [0.2, 0.25) is 0 Å². The first kappa shape index (κ1) is 46.1. The third-order valence-corrected chi connectivity index (χ3v) is 14.7. The molecule has 348 valence electrons. The number of likely N-dealkylation sites (tertiary alicyclic amines) is 4. The summed E-state index contributed by atoms with van der Waals surface area (Å²) >= 11 is 0. The number of fused-ring (bicyclic) bond motifs is 6. The third-order valence-electron chi connectivity index (χ3n) is 14.7. The number of aromatic nitrogens is 6. The Kier molecular flexibility index (Phi) is 14.0. The minimum atomic E-state index is 0.745. The Labute approximate surface area is 394 Å². The molecular formula is C56H74N10. The SMILES string of the molecule is CCc1nc2c(C)cc(C)nc2n1Cc1ccc(C=CCN2C[C@H]3C[C@@H]2CN3CC(C)C)cc1.CCc1nc2c(C)cc(C)nc2n1Cc1ccc(C=CCN2C[C@H]3C[C@@H]2CN3CC)cc1. The van der Waals surface area contributed by atoms with E-state index in [0.29, 0.717) is 0 Å². The van der Waals surface area contributed by atoms with Crippen LogP contribution < -0.4 is 0 Å². The van der Waals surface area contributed by atoms with E-state index in [0.717, 1.165) is 114 Å². The monoisotopic (exact) mass is 887 g/mol. The predicted octanol–water partition coefficient (Wildman–Crippen LogP) is 9.54. The van der Waals surface area contributed by atoms with Crippen molar-refractivity contribution in [1.29, 1.82) is 0 Å². The smallest absolute Gasteiger partial charge is 0.160 e. The normalized spacial score (nSPS) is 21.3. The molecule has 66 heavy (non-hydrogen) atoms. The maximum atomic E-state index is 4.88. The van der Waals surface area contributed by atoms with Gasteiger partial charge in [-0.1, -0.05) is 107 Å². The molecule has 4 aliphatic rings. The van der Waals surface area contributed by atoms with E-state index in [9.17, 15) is 0 Å². The van der Waals surface area contributed by atoms with E-state index < -0.39 is 0 Å². The van der Waals surface area contributed by atoms with Gasteiger partial charge in [-0.15, -0.1) is 0 Å². The zero-order valence-electron chi connectivity index (χ0n) is 41.3. The molecule has 0 N–H and O–H groups in total. The second-order valence-corrected chi connectivity index (χ2v) is 20.2. The van der Waals surface area contributed by atoms with Crippen molar-refractivity contribution in [2.75, 3.05) is 52.4 Å². The second-order valence-electron chi connectivity index (χ2n) is 20.2. The van der Waals surface area contributed by atoms with E-state index in [4.69, 9.17) is 19.9 Å². The Bertz CT molecular complexity index is 2670. The summed E-state index contributed by atoms with van der Waals surface area (Å²) in [7, 11) is 0. The Morgan fingerprint density at radius 2 is 0.955 bits per heavy atom. The van der Waals surface area contributed by atoms with Crippen molar-refractivity contribution in [2.45, 2.75) is 125 Å². The summed E-state index contributed by atoms with van der Waals surface area (Å²) < 4.78 is 4.56. The van der Waals surface area contributed by atoms with E-state index in [1.165, 1.54) is 85.5 Å². The highest BCUT2D eigenvalue weighted by Gasteiger charge is 2.43. The Morgan fingerprint density at radius 3 is 1.33 bits per heavy atom. The van der Waals surface area contributed by atoms with Gasteiger partial charge in [0, 0.05) is 94.2 Å². The lowest BCUT2D eigenvalue weighted by atomic mass is 10.1. The van der Waals surface area contributed by atoms with E-state index in [2.05, 4.69) is 176 Å². The summed E-state index contributed by atoms with van der Waals surface area (Å²) in [6.07, 6.45) is 13.7. The molecule has 4 saturated heterocycles. The molecule has 0 unspecified atom stereocenters. The van der Waals surface area contributed by atoms with Crippen LogP contribution in [0.2, 0.25) is 0 Å². The van der Waals surface area contributed by atoms with Gasteiger partial charge in [0.1, 0.15) is 22.7 Å². The number of rotatable bonds is 15. The first-order chi connectivity index (χ1) is 32.0. The molecule has 4 aliphatic heterocycles. The van der Waals surface area contributed by atoms with Crippen LogP contribution >= 0.6 is 0 Å². The first-order valence-corrected chi connectivity index (χ1v) is 25.1. The quantitative estimate of drug-likeness (QED) is 0.101. The number of pyridine rings is 2. The molecule has 4 atom stereocenters. The van der Waals surface area contributed by atoms with E-state index in [1.807, 2.05) is 0 Å². The maximum Gasteiger partial charge on any atom is 0.160 e. The topological polar surface area (TPSA) is 74.4 Å². The highest BCUT2D eigenvalue weighted by atomic mass is 15.4. The van der Waals surface area contributed by atoms with Crippen LogP contribution in [0.15, 0.2) is 72.8 Å². The fraction of sp³-hybridized carbons (Fsp3) is 0.500. The van der Waals surface area contributed by atoms with Crippen LogP contribution in [0.3, 0.4) is 0 Å². The zero-order chi connectivity index (χ0) is 46.1. The van der Waals surface area contributed by atoms with Gasteiger partial charge < -0.3 is 9.13 Å². The summed E-state index contributed by atoms with van der Waals surface area (Å²) in [6.45, 7) is 30.8. The summed E-state index contributed by atoms with van der Waals surface area (Å²) in [4.78, 5) is 30.0. The molecule has 4 aromatic heterocycles. The van der Waals surface area contributed by atoms with Crippen molar-refractivity contribution in [2.24, 2.45) is 5.92 Å². The van der Waals surface area contributed by atoms with Crippen LogP contribution in [-0.4, -0.2) is 125 Å². The number of imidazole rings is 2. The number of benzene rings is 2. The van der Waals surface area contributed by atoms with Crippen molar-refractivity contribution in [1.82, 2.24) is 48.7 Å². The van der Waals surface area contributed by atoms with Crippen LogP contribution in [0.25, 0.3) is 34.5 Å². The first-order valence-electron chi connectivity index (χ1n) is 25.1. The van der Waals surface area contributed by atoms with Gasteiger partial charge in [0.05, 0.1) is 13.1 Å². The second kappa shape index (κ2) is 20.1. The number of likely N-dealkylation sites (N-methyl/N-ethyl adjacent to an activating group) is 1. The number of nitrogens with zero attached hydrogens (tertiary/aromatic N) is 10. The lowest BCUT2D eigenvalue weighted by Gasteiger charge is -2.34. The lowest BCUT2D eigenvalue weighted by molar-refractivity contribution is 0.127. The average Bonchev–Trinajstić information content (AvgIpc) is 4.17. The molecule has 0 saturated carbocycles. The van der Waals surface area contributed by atoms with Crippen LogP contribution in [0.4, 0.5) is 0 Å². The van der Waals surface area contributed by atoms with Crippen molar-refractivity contribution in [3.8, 4) is 0 Å². The largest absolute Gasteiger partial charge is 0.308 e. The molecule has 4 fully saturated rings. The molecule has 10 nitrogen and oxygen atoms in total. The fourth-order valence-electron chi connectivity index (χ4n) is 11.4. The number of hydrogen-bond acceptors (Lipinski definition) is 8. The summed E-state index contributed by atoms with van der Waals surface area (Å²) in [5, 5.41) is 0. The van der Waals surface area contributed by atoms with Crippen molar-refractivity contribution >= 4 is 34.5 Å². The van der Waals surface area contributed by atoms with Gasteiger partial charge in [-0.2, -0.15) is 0 Å². The molecule has 0 spiro atoms. The highest BCUT2D eigenvalue weighted by Crippen LogP contribution is 2.32. The Morgan fingerprint density at radius 1 is 0.545 bits per heavy atom. The average molecular weight is 887 g/mol. The number of hydrogen-bond donors (Lipinski definition) is 0. The summed E-state index contributed by atoms with van der Waals surface area (Å²) in [5.74, 6) is 2.97. The van der Waals surface area contributed by atoms with E-state index in [-0.39, 0.29) is 0 Å². The molecule has 2 aromatic carbocycles. The zero-order valence-corrected chi connectivity index (χ0v) is 41.3. The number of piperazine rings is 2. The molecule has 10 rings (SSSR count). The fourth-order valence-corrected chi connectivity index (χ4v) is 11.4. The molecule has 0 amide bonds. The Hall–Kier alpha value is -5.00. The lowest BCUT2D eigenvalue weighted by Crippen LogP contribution is -2.47. The van der Waals surface area contributed by atoms with E-state index in [1.54, 1.807) is 0 Å². The van der Waals surface area contributed by atoms with Crippen LogP contribution in [0, 0.1) is 33.6 Å². The van der Waals surface area contributed by atoms with Crippen LogP contribution in [-0.2, 0) is 25.9 Å². The molecule has 6 aromatic rings. The summed E-state index contributed by atoms with van der Waals surface area (Å²) in [5.41, 5.74) is 13.7. The molecule has 8 heterocycles. The number of aryl methyl sites for hydroxylation is 6. The predicted molar refractivity (Wildman–Crippen MR) is 273 cm³/mol. The third kappa shape index (κ3) is 9.98. The van der Waals surface area contributed by atoms with Gasteiger partial charge in [-0.3, -0.25) is 19.6 Å². The van der Waals surface area contributed by atoms with Crippen molar-refractivity contribution in [3.63, 3.8) is 0 Å². The van der Waals surface area contributed by atoms with Crippen LogP contribution in [0.5, 0.6) is 0 Å². The molecule has 10 heteroatoms. The molecule has 0 aliphatic carbocycles. The standard InChI is InChI=1S/C29H39N5.C27H35N5/c1-6-27-31-28-21(4)14-22(5)30-29(28)34(27)17-24-11-9-23(10-12-24)8-7-13-32-18-26-15-25(32)19-33(26)16-20(2)3;1-5-25-29-26-19(3)14-20(4)28-27(26)32(25)16-22-11-9-21(10-12-22)8-7-13-31-18-23-15-24(31)17-30(23)6-2/h7-12,14,20,25-26H,6,13,15-19H2,1-5H3;7-12,14,23-24H,5-6,13,15-18H2,1-4H3/t25-,26-;23-,24-/m11/s1. The minimum absolute atomic E-state index is 0.745. The van der Waals surface area contributed by atoms with Crippen LogP contribution in [0.1, 0.15) is 104 Å². The summed E-state index contributed by atoms with van der Waals surface area (Å²) in [6, 6.07) is 25.2. The van der Waals surface area contributed by atoms with E-state index >= 15 is 0 Å². The van der Waals surface area contributed by atoms with Gasteiger partial charge in [-0.05, 0) is 98.5 Å². The van der Waals surface area contributed by atoms with Gasteiger partial charge in [-0.25, -0.2) is 19.9 Å². The highest BCUT2D eigenvalue weighted by molar-refractivity contribution is 5.77. The maximum absolute atomic E-state index is 4.88. The Balaban J connectivity index is 0.000000166. The van der Waals surface area contributed by atoms with Crippen molar-refractivity contribution < 1.29 is 0 Å². The van der Waals surface area contributed by atoms with Crippen molar-refractivity contribution in [3.05, 3.63) is 129 Å².